The molecule has 142 valence electrons. The first kappa shape index (κ1) is 18.9. The summed E-state index contributed by atoms with van der Waals surface area (Å²) in [5, 5.41) is 19.7. The van der Waals surface area contributed by atoms with E-state index in [2.05, 4.69) is 13.2 Å². The number of rotatable bonds is 3. The van der Waals surface area contributed by atoms with E-state index < -0.39 is 41.6 Å². The monoisotopic (exact) mass is 362 g/mol. The number of carbonyl (C=O) groups is 2. The quantitative estimate of drug-likeness (QED) is 0.451. The maximum Gasteiger partial charge on any atom is 0.334 e. The first-order valence-corrected chi connectivity index (χ1v) is 8.94. The summed E-state index contributed by atoms with van der Waals surface area (Å²) in [5.41, 5.74) is 0.949. The molecule has 3 rings (SSSR count). The Bertz CT molecular complexity index is 692. The van der Waals surface area contributed by atoms with E-state index in [0.29, 0.717) is 30.4 Å². The van der Waals surface area contributed by atoms with Crippen molar-refractivity contribution in [2.75, 3.05) is 6.61 Å². The molecule has 1 saturated heterocycles. The summed E-state index contributed by atoms with van der Waals surface area (Å²) < 4.78 is 11.3. The van der Waals surface area contributed by atoms with Crippen LogP contribution in [0.1, 0.15) is 33.1 Å². The summed E-state index contributed by atoms with van der Waals surface area (Å²) in [6.45, 7) is 11.2. The van der Waals surface area contributed by atoms with Gasteiger partial charge in [0.25, 0.3) is 0 Å². The van der Waals surface area contributed by atoms with Gasteiger partial charge in [-0.1, -0.05) is 25.7 Å². The van der Waals surface area contributed by atoms with Gasteiger partial charge >= 0.3 is 11.9 Å². The van der Waals surface area contributed by atoms with Gasteiger partial charge in [-0.3, -0.25) is 0 Å². The molecule has 26 heavy (non-hydrogen) atoms. The second-order valence-corrected chi connectivity index (χ2v) is 7.83. The molecule has 0 amide bonds. The highest BCUT2D eigenvalue weighted by atomic mass is 16.6. The van der Waals surface area contributed by atoms with Gasteiger partial charge in [-0.15, -0.1) is 0 Å². The minimum absolute atomic E-state index is 0.191. The summed E-state index contributed by atoms with van der Waals surface area (Å²) in [6.07, 6.45) is 1.27. The second-order valence-electron chi connectivity index (χ2n) is 7.83. The Hall–Kier alpha value is -1.92. The topological polar surface area (TPSA) is 93.1 Å². The lowest BCUT2D eigenvalue weighted by Crippen LogP contribution is -2.58. The molecule has 6 unspecified atom stereocenters. The van der Waals surface area contributed by atoms with Crippen LogP contribution in [0.25, 0.3) is 0 Å². The summed E-state index contributed by atoms with van der Waals surface area (Å²) in [6, 6.07) is 0. The molecule has 0 aromatic carbocycles. The Morgan fingerprint density at radius 3 is 2.81 bits per heavy atom. The van der Waals surface area contributed by atoms with Crippen molar-refractivity contribution in [3.05, 3.63) is 36.0 Å². The van der Waals surface area contributed by atoms with Crippen molar-refractivity contribution in [2.24, 2.45) is 17.3 Å². The molecule has 6 heteroatoms. The molecule has 0 bridgehead atoms. The fourth-order valence-electron chi connectivity index (χ4n) is 4.80. The van der Waals surface area contributed by atoms with Gasteiger partial charge in [0.2, 0.25) is 0 Å². The molecule has 2 N–H and O–H groups in total. The predicted octanol–water partition coefficient (Wildman–Crippen LogP) is 1.67. The number of carbonyl (C=O) groups excluding carboxylic acids is 2. The number of hydrogen-bond donors (Lipinski definition) is 2. The largest absolute Gasteiger partial charge is 0.458 e. The number of aliphatic hydroxyl groups is 2. The van der Waals surface area contributed by atoms with E-state index in [1.165, 1.54) is 6.08 Å². The van der Waals surface area contributed by atoms with Gasteiger partial charge in [-0.2, -0.15) is 0 Å². The Balaban J connectivity index is 1.96. The average molecular weight is 362 g/mol. The van der Waals surface area contributed by atoms with Gasteiger partial charge in [0, 0.05) is 22.5 Å². The Labute approximate surface area is 153 Å². The molecule has 6 atom stereocenters. The molecule has 0 spiro atoms. The fourth-order valence-corrected chi connectivity index (χ4v) is 4.80. The van der Waals surface area contributed by atoms with Crippen LogP contribution in [-0.4, -0.2) is 47.1 Å². The zero-order valence-corrected chi connectivity index (χ0v) is 15.2. The lowest BCUT2D eigenvalue weighted by Gasteiger charge is -2.54. The Morgan fingerprint density at radius 1 is 1.46 bits per heavy atom. The van der Waals surface area contributed by atoms with Crippen LogP contribution in [0.4, 0.5) is 0 Å². The number of fused-ring (bicyclic) bond motifs is 3. The molecule has 1 aliphatic heterocycles. The summed E-state index contributed by atoms with van der Waals surface area (Å²) in [7, 11) is 0. The standard InChI is InChI=1S/C20H26O6/c1-10-5-6-14(22)20(4)9-13(25-18(23)11(2)7-8-21)15-12(3)19(24)26-17(15)16(10)20/h7,13-17,21-22H,1,3,5-6,8-9H2,2,4H3. The normalized spacial score (nSPS) is 39.9. The van der Waals surface area contributed by atoms with Gasteiger partial charge in [0.15, 0.2) is 0 Å². The van der Waals surface area contributed by atoms with Crippen LogP contribution in [0.15, 0.2) is 36.0 Å². The van der Waals surface area contributed by atoms with Crippen molar-refractivity contribution < 1.29 is 29.3 Å². The smallest absolute Gasteiger partial charge is 0.334 e. The first-order chi connectivity index (χ1) is 12.2. The van der Waals surface area contributed by atoms with Gasteiger partial charge < -0.3 is 19.7 Å². The molecule has 3 aliphatic rings. The zero-order chi connectivity index (χ0) is 19.2. The third-order valence-electron chi connectivity index (χ3n) is 6.26. The van der Waals surface area contributed by atoms with Crippen LogP contribution >= 0.6 is 0 Å². The van der Waals surface area contributed by atoms with Crippen molar-refractivity contribution in [3.63, 3.8) is 0 Å². The van der Waals surface area contributed by atoms with Crippen LogP contribution in [-0.2, 0) is 19.1 Å². The number of hydrogen-bond acceptors (Lipinski definition) is 6. The molecule has 0 aromatic rings. The first-order valence-electron chi connectivity index (χ1n) is 8.94. The summed E-state index contributed by atoms with van der Waals surface area (Å²) >= 11 is 0. The Kier molecular flexibility index (Phi) is 4.84. The molecule has 0 aromatic heterocycles. The van der Waals surface area contributed by atoms with E-state index >= 15 is 0 Å². The maximum absolute atomic E-state index is 12.4. The highest BCUT2D eigenvalue weighted by Gasteiger charge is 2.62. The van der Waals surface area contributed by atoms with E-state index in [9.17, 15) is 14.7 Å². The highest BCUT2D eigenvalue weighted by Crippen LogP contribution is 2.57. The third-order valence-corrected chi connectivity index (χ3v) is 6.26. The SMILES string of the molecule is C=C1C(=O)OC2C1C(OC(=O)C(C)=CCO)CC1(C)C(O)CCC(=C)C21. The molecule has 2 saturated carbocycles. The van der Waals surface area contributed by atoms with Crippen molar-refractivity contribution in [3.8, 4) is 0 Å². The highest BCUT2D eigenvalue weighted by molar-refractivity contribution is 5.92. The lowest BCUT2D eigenvalue weighted by molar-refractivity contribution is -0.175. The molecule has 0 radical (unpaired) electrons. The molecule has 6 nitrogen and oxygen atoms in total. The third kappa shape index (κ3) is 2.81. The Morgan fingerprint density at radius 2 is 2.15 bits per heavy atom. The zero-order valence-electron chi connectivity index (χ0n) is 15.2. The molecular weight excluding hydrogens is 336 g/mol. The molecular formula is C20H26O6. The van der Waals surface area contributed by atoms with Gasteiger partial charge in [-0.05, 0) is 32.3 Å². The summed E-state index contributed by atoms with van der Waals surface area (Å²) in [5.74, 6) is -1.68. The maximum atomic E-state index is 12.4. The van der Waals surface area contributed by atoms with Crippen LogP contribution in [0.2, 0.25) is 0 Å². The average Bonchev–Trinajstić information content (AvgIpc) is 2.86. The van der Waals surface area contributed by atoms with Gasteiger partial charge in [0.05, 0.1) is 18.6 Å². The van der Waals surface area contributed by atoms with Gasteiger partial charge in [-0.25, -0.2) is 9.59 Å². The molecule has 3 fully saturated rings. The summed E-state index contributed by atoms with van der Waals surface area (Å²) in [4.78, 5) is 24.5. The minimum atomic E-state index is -0.629. The number of aliphatic hydroxyl groups excluding tert-OH is 2. The van der Waals surface area contributed by atoms with Crippen molar-refractivity contribution in [2.45, 2.75) is 51.4 Å². The number of esters is 2. The van der Waals surface area contributed by atoms with Crippen LogP contribution in [0.3, 0.4) is 0 Å². The van der Waals surface area contributed by atoms with Gasteiger partial charge in [0.1, 0.15) is 12.2 Å². The van der Waals surface area contributed by atoms with E-state index in [4.69, 9.17) is 14.6 Å². The van der Waals surface area contributed by atoms with Crippen LogP contribution < -0.4 is 0 Å². The van der Waals surface area contributed by atoms with E-state index in [0.717, 1.165) is 5.57 Å². The molecule has 2 aliphatic carbocycles. The van der Waals surface area contributed by atoms with Crippen LogP contribution in [0.5, 0.6) is 0 Å². The van der Waals surface area contributed by atoms with Crippen molar-refractivity contribution >= 4 is 11.9 Å². The molecule has 1 heterocycles. The minimum Gasteiger partial charge on any atom is -0.458 e. The van der Waals surface area contributed by atoms with Crippen molar-refractivity contribution in [1.29, 1.82) is 0 Å². The fraction of sp³-hybridized carbons (Fsp3) is 0.600. The van der Waals surface area contributed by atoms with Crippen LogP contribution in [0, 0.1) is 17.3 Å². The predicted molar refractivity (Wildman–Crippen MR) is 93.8 cm³/mol. The van der Waals surface area contributed by atoms with E-state index in [1.807, 2.05) is 6.92 Å². The number of ether oxygens (including phenoxy) is 2. The second kappa shape index (κ2) is 6.67. The lowest BCUT2D eigenvalue weighted by atomic mass is 9.53. The van der Waals surface area contributed by atoms with E-state index in [1.54, 1.807) is 6.92 Å². The van der Waals surface area contributed by atoms with Crippen molar-refractivity contribution in [1.82, 2.24) is 0 Å². The van der Waals surface area contributed by atoms with E-state index in [-0.39, 0.29) is 12.5 Å².